The smallest absolute Gasteiger partial charge is 0.184 e. The summed E-state index contributed by atoms with van der Waals surface area (Å²) in [5, 5.41) is 2.38. The Labute approximate surface area is 253 Å². The third-order valence-electron chi connectivity index (χ3n) is 8.49. The van der Waals surface area contributed by atoms with Gasteiger partial charge in [0.15, 0.2) is 27.8 Å². The van der Waals surface area contributed by atoms with Gasteiger partial charge < -0.3 is 23.5 Å². The van der Waals surface area contributed by atoms with E-state index < -0.39 is 0 Å². The number of aromatic nitrogens is 1. The second-order valence-corrected chi connectivity index (χ2v) is 11.7. The molecule has 3 aromatic carbocycles. The van der Waals surface area contributed by atoms with Crippen LogP contribution in [0.5, 0.6) is 23.0 Å². The standard InChI is InChI=1S/C35H42N2O4S/c1-38-29-15-13-26(23-31(29)40-3)17-21-36-34-37(22-18-27-14-16-30(39-2)32(24-27)41-4)33(25-42-34)35(19-9-6-10-20-35)28-11-7-5-8-12-28/h5,7-8,11-16,23-25H,6,9-10,17-22H2,1-4H3. The number of hydrogen-bond acceptors (Lipinski definition) is 6. The molecule has 1 aliphatic carbocycles. The maximum atomic E-state index is 5.59. The zero-order valence-electron chi connectivity index (χ0n) is 25.2. The van der Waals surface area contributed by atoms with Gasteiger partial charge in [0.2, 0.25) is 0 Å². The van der Waals surface area contributed by atoms with Crippen LogP contribution in [0.1, 0.15) is 54.5 Å². The normalized spacial score (nSPS) is 14.9. The van der Waals surface area contributed by atoms with Crippen molar-refractivity contribution >= 4 is 11.3 Å². The predicted molar refractivity (Wildman–Crippen MR) is 170 cm³/mol. The van der Waals surface area contributed by atoms with Gasteiger partial charge in [0.05, 0.1) is 28.4 Å². The van der Waals surface area contributed by atoms with E-state index in [1.807, 2.05) is 18.2 Å². The maximum absolute atomic E-state index is 5.59. The Balaban J connectivity index is 1.50. The highest BCUT2D eigenvalue weighted by Crippen LogP contribution is 2.45. The van der Waals surface area contributed by atoms with Crippen molar-refractivity contribution in [1.29, 1.82) is 0 Å². The van der Waals surface area contributed by atoms with Crippen molar-refractivity contribution in [3.8, 4) is 23.0 Å². The average Bonchev–Trinajstić information content (AvgIpc) is 3.47. The average molecular weight is 587 g/mol. The first-order valence-corrected chi connectivity index (χ1v) is 15.7. The predicted octanol–water partition coefficient (Wildman–Crippen LogP) is 7.22. The van der Waals surface area contributed by atoms with Crippen molar-refractivity contribution in [2.24, 2.45) is 4.99 Å². The fourth-order valence-electron chi connectivity index (χ4n) is 6.25. The number of benzene rings is 3. The van der Waals surface area contributed by atoms with Crippen molar-refractivity contribution in [3.05, 3.63) is 99.3 Å². The lowest BCUT2D eigenvalue weighted by molar-refractivity contribution is 0.326. The minimum atomic E-state index is 0.00469. The van der Waals surface area contributed by atoms with Gasteiger partial charge in [-0.3, -0.25) is 4.99 Å². The molecule has 222 valence electrons. The summed E-state index contributed by atoms with van der Waals surface area (Å²) in [5.74, 6) is 3.01. The summed E-state index contributed by atoms with van der Waals surface area (Å²) in [4.78, 5) is 6.25. The van der Waals surface area contributed by atoms with Crippen LogP contribution in [-0.4, -0.2) is 39.6 Å². The third-order valence-corrected chi connectivity index (χ3v) is 9.39. The summed E-state index contributed by atoms with van der Waals surface area (Å²) >= 11 is 1.77. The molecule has 0 aliphatic heterocycles. The van der Waals surface area contributed by atoms with Crippen LogP contribution in [-0.2, 0) is 24.8 Å². The molecule has 7 heteroatoms. The van der Waals surface area contributed by atoms with E-state index >= 15 is 0 Å². The van der Waals surface area contributed by atoms with E-state index in [-0.39, 0.29) is 5.41 Å². The van der Waals surface area contributed by atoms with Crippen molar-refractivity contribution < 1.29 is 18.9 Å². The van der Waals surface area contributed by atoms with E-state index in [0.29, 0.717) is 6.54 Å². The highest BCUT2D eigenvalue weighted by atomic mass is 32.1. The Bertz CT molecular complexity index is 1520. The van der Waals surface area contributed by atoms with Gasteiger partial charge in [0, 0.05) is 29.6 Å². The molecule has 0 unspecified atom stereocenters. The van der Waals surface area contributed by atoms with Gasteiger partial charge in [-0.15, -0.1) is 11.3 Å². The van der Waals surface area contributed by atoms with E-state index in [1.54, 1.807) is 39.8 Å². The van der Waals surface area contributed by atoms with Crippen molar-refractivity contribution in [3.63, 3.8) is 0 Å². The van der Waals surface area contributed by atoms with Crippen molar-refractivity contribution in [2.75, 3.05) is 35.0 Å². The first kappa shape index (κ1) is 29.8. The van der Waals surface area contributed by atoms with Gasteiger partial charge in [0.1, 0.15) is 0 Å². The lowest BCUT2D eigenvalue weighted by Gasteiger charge is -2.38. The lowest BCUT2D eigenvalue weighted by Crippen LogP contribution is -2.35. The molecule has 0 radical (unpaired) electrons. The quantitative estimate of drug-likeness (QED) is 0.176. The summed E-state index contributed by atoms with van der Waals surface area (Å²) in [5.41, 5.74) is 5.21. The Hall–Kier alpha value is -3.71. The fraction of sp³-hybridized carbons (Fsp3) is 0.400. The molecule has 6 nitrogen and oxygen atoms in total. The topological polar surface area (TPSA) is 54.2 Å². The first-order chi connectivity index (χ1) is 20.6. The molecular formula is C35H42N2O4S. The molecule has 0 amide bonds. The Morgan fingerprint density at radius 1 is 0.714 bits per heavy atom. The molecule has 1 aliphatic rings. The van der Waals surface area contributed by atoms with E-state index in [2.05, 4.69) is 58.5 Å². The van der Waals surface area contributed by atoms with Gasteiger partial charge in [-0.2, -0.15) is 0 Å². The molecule has 0 bridgehead atoms. The highest BCUT2D eigenvalue weighted by molar-refractivity contribution is 7.07. The van der Waals surface area contributed by atoms with Crippen LogP contribution in [0, 0.1) is 0 Å². The molecule has 1 saturated carbocycles. The zero-order valence-corrected chi connectivity index (χ0v) is 26.0. The van der Waals surface area contributed by atoms with Crippen LogP contribution >= 0.6 is 11.3 Å². The molecule has 1 aromatic heterocycles. The monoisotopic (exact) mass is 586 g/mol. The van der Waals surface area contributed by atoms with Gasteiger partial charge in [-0.25, -0.2) is 0 Å². The van der Waals surface area contributed by atoms with Crippen LogP contribution in [0.2, 0.25) is 0 Å². The summed E-state index contributed by atoms with van der Waals surface area (Å²) in [6, 6.07) is 23.4. The highest BCUT2D eigenvalue weighted by Gasteiger charge is 2.38. The second-order valence-electron chi connectivity index (χ2n) is 10.8. The van der Waals surface area contributed by atoms with E-state index in [9.17, 15) is 0 Å². The molecule has 0 N–H and O–H groups in total. The van der Waals surface area contributed by atoms with Gasteiger partial charge in [0.25, 0.3) is 0 Å². The van der Waals surface area contributed by atoms with E-state index in [1.165, 1.54) is 41.6 Å². The molecule has 42 heavy (non-hydrogen) atoms. The van der Waals surface area contributed by atoms with Gasteiger partial charge in [-0.1, -0.05) is 61.7 Å². The Kier molecular flexibility index (Phi) is 9.90. The number of aryl methyl sites for hydroxylation is 1. The van der Waals surface area contributed by atoms with E-state index in [0.717, 1.165) is 60.0 Å². The van der Waals surface area contributed by atoms with Crippen LogP contribution < -0.4 is 23.7 Å². The van der Waals surface area contributed by atoms with Crippen LogP contribution in [0.4, 0.5) is 0 Å². The minimum Gasteiger partial charge on any atom is -0.493 e. The van der Waals surface area contributed by atoms with Crippen molar-refractivity contribution in [2.45, 2.75) is 56.9 Å². The van der Waals surface area contributed by atoms with Crippen LogP contribution in [0.25, 0.3) is 0 Å². The lowest BCUT2D eigenvalue weighted by atomic mass is 9.67. The summed E-state index contributed by atoms with van der Waals surface area (Å²) in [6.45, 7) is 1.54. The number of thiazole rings is 1. The van der Waals surface area contributed by atoms with Crippen molar-refractivity contribution in [1.82, 2.24) is 4.57 Å². The summed E-state index contributed by atoms with van der Waals surface area (Å²) in [6.07, 6.45) is 7.81. The Morgan fingerprint density at radius 3 is 1.90 bits per heavy atom. The minimum absolute atomic E-state index is 0.00469. The molecule has 0 atom stereocenters. The second kappa shape index (κ2) is 14.0. The Morgan fingerprint density at radius 2 is 1.31 bits per heavy atom. The van der Waals surface area contributed by atoms with Gasteiger partial charge in [-0.05, 0) is 66.6 Å². The molecule has 1 fully saturated rings. The molecule has 1 heterocycles. The molecule has 0 saturated heterocycles. The number of hydrogen-bond donors (Lipinski definition) is 0. The molecule has 5 rings (SSSR count). The SMILES string of the molecule is COc1ccc(CCN=c2scc(C3(c4ccccc4)CCCCC3)n2CCc2ccc(OC)c(OC)c2)cc1OC. The van der Waals surface area contributed by atoms with Gasteiger partial charge >= 0.3 is 0 Å². The van der Waals surface area contributed by atoms with Crippen LogP contribution in [0.3, 0.4) is 0 Å². The zero-order chi connectivity index (χ0) is 29.4. The van der Waals surface area contributed by atoms with E-state index in [4.69, 9.17) is 23.9 Å². The fourth-order valence-corrected chi connectivity index (χ4v) is 7.30. The summed E-state index contributed by atoms with van der Waals surface area (Å²) in [7, 11) is 6.70. The molecule has 4 aromatic rings. The number of ether oxygens (including phenoxy) is 4. The maximum Gasteiger partial charge on any atom is 0.184 e. The van der Waals surface area contributed by atoms with Crippen LogP contribution in [0.15, 0.2) is 77.1 Å². The molecule has 0 spiro atoms. The summed E-state index contributed by atoms with van der Waals surface area (Å²) < 4.78 is 24.5. The number of rotatable bonds is 12. The number of nitrogens with zero attached hydrogens (tertiary/aromatic N) is 2. The number of methoxy groups -OCH3 is 4. The first-order valence-electron chi connectivity index (χ1n) is 14.8. The third kappa shape index (κ3) is 6.36. The molecular weight excluding hydrogens is 544 g/mol. The largest absolute Gasteiger partial charge is 0.493 e.